The molecule has 6 heteroatoms. The summed E-state index contributed by atoms with van der Waals surface area (Å²) < 4.78 is 2.15. The van der Waals surface area contributed by atoms with Gasteiger partial charge in [0.2, 0.25) is 0 Å². The number of aryl methyl sites for hydroxylation is 1. The molecule has 0 aliphatic carbocycles. The zero-order chi connectivity index (χ0) is 21.5. The first-order valence-corrected chi connectivity index (χ1v) is 11.2. The maximum Gasteiger partial charge on any atom is 0.250 e. The van der Waals surface area contributed by atoms with E-state index in [1.807, 2.05) is 48.5 Å². The summed E-state index contributed by atoms with van der Waals surface area (Å²) in [6.07, 6.45) is 2.66. The molecule has 0 radical (unpaired) electrons. The fourth-order valence-electron chi connectivity index (χ4n) is 3.26. The first-order chi connectivity index (χ1) is 15.2. The van der Waals surface area contributed by atoms with Crippen molar-refractivity contribution < 1.29 is 4.79 Å². The maximum atomic E-state index is 12.3. The number of hydrogen-bond donors (Lipinski definition) is 1. The van der Waals surface area contributed by atoms with Crippen LogP contribution in [0.2, 0.25) is 0 Å². The molecule has 5 nitrogen and oxygen atoms in total. The van der Waals surface area contributed by atoms with Crippen LogP contribution in [-0.4, -0.2) is 27.4 Å². The zero-order valence-electron chi connectivity index (χ0n) is 17.4. The molecule has 4 rings (SSSR count). The van der Waals surface area contributed by atoms with Crippen molar-refractivity contribution in [1.82, 2.24) is 15.0 Å². The van der Waals surface area contributed by atoms with Crippen LogP contribution in [0.3, 0.4) is 0 Å². The van der Waals surface area contributed by atoms with Gasteiger partial charge in [-0.3, -0.25) is 4.79 Å². The average molecular weight is 429 g/mol. The molecule has 1 heterocycles. The summed E-state index contributed by atoms with van der Waals surface area (Å²) in [5.74, 6) is 0.0780. The molecule has 0 aliphatic rings. The molecule has 0 aliphatic heterocycles. The summed E-state index contributed by atoms with van der Waals surface area (Å²) in [4.78, 5) is 17.0. The van der Waals surface area contributed by atoms with E-state index in [4.69, 9.17) is 4.98 Å². The van der Waals surface area contributed by atoms with Gasteiger partial charge in [-0.05, 0) is 35.2 Å². The van der Waals surface area contributed by atoms with Crippen LogP contribution in [0.5, 0.6) is 0 Å². The standard InChI is InChI=1S/C25H24N4OS/c1-2-19-12-14-20(15-13-19)16-26-28-24(30)18-31-25-27-22-10-6-7-11-23(22)29(25)17-21-8-4-3-5-9-21/h3-16H,2,17-18H2,1H3,(H,28,30)/b26-16-. The number of hydrogen-bond acceptors (Lipinski definition) is 4. The van der Waals surface area contributed by atoms with Gasteiger partial charge in [-0.2, -0.15) is 5.10 Å². The van der Waals surface area contributed by atoms with E-state index in [9.17, 15) is 4.79 Å². The number of amides is 1. The maximum absolute atomic E-state index is 12.3. The van der Waals surface area contributed by atoms with Crippen LogP contribution in [0.4, 0.5) is 0 Å². The third-order valence-electron chi connectivity index (χ3n) is 4.93. The van der Waals surface area contributed by atoms with Crippen LogP contribution >= 0.6 is 11.8 Å². The van der Waals surface area contributed by atoms with Gasteiger partial charge in [0, 0.05) is 0 Å². The minimum Gasteiger partial charge on any atom is -0.314 e. The molecular formula is C25H24N4OS. The summed E-state index contributed by atoms with van der Waals surface area (Å²) in [7, 11) is 0. The molecule has 1 aromatic heterocycles. The van der Waals surface area contributed by atoms with Crippen molar-refractivity contribution in [3.63, 3.8) is 0 Å². The van der Waals surface area contributed by atoms with E-state index >= 15 is 0 Å². The van der Waals surface area contributed by atoms with Gasteiger partial charge in [0.15, 0.2) is 5.16 Å². The number of carbonyl (C=O) groups excluding carboxylic acids is 1. The normalized spacial score (nSPS) is 11.3. The Hall–Kier alpha value is -3.38. The molecular weight excluding hydrogens is 404 g/mol. The van der Waals surface area contributed by atoms with Gasteiger partial charge in [-0.25, -0.2) is 10.4 Å². The number of imidazole rings is 1. The zero-order valence-corrected chi connectivity index (χ0v) is 18.2. The van der Waals surface area contributed by atoms with E-state index in [0.717, 1.165) is 28.2 Å². The molecule has 156 valence electrons. The average Bonchev–Trinajstić information content (AvgIpc) is 3.16. The van der Waals surface area contributed by atoms with Crippen LogP contribution < -0.4 is 5.43 Å². The van der Waals surface area contributed by atoms with Gasteiger partial charge < -0.3 is 4.57 Å². The topological polar surface area (TPSA) is 59.3 Å². The van der Waals surface area contributed by atoms with Crippen molar-refractivity contribution in [3.05, 3.63) is 95.6 Å². The summed E-state index contributed by atoms with van der Waals surface area (Å²) in [5.41, 5.74) is 8.01. The summed E-state index contributed by atoms with van der Waals surface area (Å²) in [5, 5.41) is 4.90. The number of nitrogens with one attached hydrogen (secondary N) is 1. The van der Waals surface area contributed by atoms with Crippen molar-refractivity contribution >= 4 is 34.9 Å². The number of fused-ring (bicyclic) bond motifs is 1. The van der Waals surface area contributed by atoms with Gasteiger partial charge in [0.05, 0.1) is 29.5 Å². The van der Waals surface area contributed by atoms with Crippen LogP contribution in [0, 0.1) is 0 Å². The van der Waals surface area contributed by atoms with Crippen molar-refractivity contribution in [1.29, 1.82) is 0 Å². The second-order valence-corrected chi connectivity index (χ2v) is 8.07. The molecule has 0 unspecified atom stereocenters. The second-order valence-electron chi connectivity index (χ2n) is 7.13. The number of hydrazone groups is 1. The lowest BCUT2D eigenvalue weighted by Crippen LogP contribution is -2.20. The smallest absolute Gasteiger partial charge is 0.250 e. The van der Waals surface area contributed by atoms with E-state index < -0.39 is 0 Å². The van der Waals surface area contributed by atoms with Gasteiger partial charge in [0.1, 0.15) is 0 Å². The number of thioether (sulfide) groups is 1. The molecule has 4 aromatic rings. The molecule has 0 atom stereocenters. The van der Waals surface area contributed by atoms with E-state index in [-0.39, 0.29) is 11.7 Å². The van der Waals surface area contributed by atoms with Crippen molar-refractivity contribution in [3.8, 4) is 0 Å². The van der Waals surface area contributed by atoms with Crippen LogP contribution in [0.1, 0.15) is 23.6 Å². The molecule has 31 heavy (non-hydrogen) atoms. The van der Waals surface area contributed by atoms with E-state index in [1.165, 1.54) is 22.9 Å². The first kappa shape index (κ1) is 20.9. The Labute approximate surface area is 186 Å². The molecule has 0 saturated heterocycles. The Kier molecular flexibility index (Phi) is 6.79. The Bertz CT molecular complexity index is 1180. The van der Waals surface area contributed by atoms with E-state index in [1.54, 1.807) is 6.21 Å². The molecule has 0 bridgehead atoms. The molecule has 3 aromatic carbocycles. The van der Waals surface area contributed by atoms with Crippen molar-refractivity contribution in [2.24, 2.45) is 5.10 Å². The lowest BCUT2D eigenvalue weighted by Gasteiger charge is -2.09. The van der Waals surface area contributed by atoms with Gasteiger partial charge in [-0.15, -0.1) is 0 Å². The van der Waals surface area contributed by atoms with Gasteiger partial charge >= 0.3 is 0 Å². The fraction of sp³-hybridized carbons (Fsp3) is 0.160. The van der Waals surface area contributed by atoms with E-state index in [0.29, 0.717) is 6.54 Å². The number of benzene rings is 3. The first-order valence-electron chi connectivity index (χ1n) is 10.3. The Balaban J connectivity index is 1.41. The number of aromatic nitrogens is 2. The minimum atomic E-state index is -0.162. The third-order valence-corrected chi connectivity index (χ3v) is 5.90. The summed E-state index contributed by atoms with van der Waals surface area (Å²) >= 11 is 1.42. The van der Waals surface area contributed by atoms with Crippen LogP contribution in [-0.2, 0) is 17.8 Å². The summed E-state index contributed by atoms with van der Waals surface area (Å²) in [6, 6.07) is 26.4. The van der Waals surface area contributed by atoms with Crippen LogP contribution in [0.25, 0.3) is 11.0 Å². The molecule has 0 fully saturated rings. The highest BCUT2D eigenvalue weighted by Gasteiger charge is 2.13. The number of carbonyl (C=O) groups is 1. The monoisotopic (exact) mass is 428 g/mol. The molecule has 0 spiro atoms. The van der Waals surface area contributed by atoms with E-state index in [2.05, 4.69) is 52.3 Å². The van der Waals surface area contributed by atoms with Gasteiger partial charge in [-0.1, -0.05) is 85.4 Å². The SMILES string of the molecule is CCc1ccc(/C=N\NC(=O)CSc2nc3ccccc3n2Cc2ccccc2)cc1. The predicted octanol–water partition coefficient (Wildman–Crippen LogP) is 4.89. The Morgan fingerprint density at radius 2 is 1.74 bits per heavy atom. The predicted molar refractivity (Wildman–Crippen MR) is 128 cm³/mol. The van der Waals surface area contributed by atoms with Crippen molar-refractivity contribution in [2.45, 2.75) is 25.0 Å². The second kappa shape index (κ2) is 10.1. The minimum absolute atomic E-state index is 0.162. The van der Waals surface area contributed by atoms with Crippen LogP contribution in [0.15, 0.2) is 89.1 Å². The van der Waals surface area contributed by atoms with Gasteiger partial charge in [0.25, 0.3) is 5.91 Å². The summed E-state index contributed by atoms with van der Waals surface area (Å²) in [6.45, 7) is 2.83. The highest BCUT2D eigenvalue weighted by atomic mass is 32.2. The Morgan fingerprint density at radius 3 is 2.52 bits per heavy atom. The number of para-hydroxylation sites is 2. The lowest BCUT2D eigenvalue weighted by atomic mass is 10.1. The quantitative estimate of drug-likeness (QED) is 0.247. The molecule has 1 N–H and O–H groups in total. The van der Waals surface area contributed by atoms with Crippen molar-refractivity contribution in [2.75, 3.05) is 5.75 Å². The fourth-order valence-corrected chi connectivity index (χ4v) is 4.07. The number of nitrogens with zero attached hydrogens (tertiary/aromatic N) is 3. The molecule has 1 amide bonds. The Morgan fingerprint density at radius 1 is 1.00 bits per heavy atom. The lowest BCUT2D eigenvalue weighted by molar-refractivity contribution is -0.118. The number of rotatable bonds is 8. The third kappa shape index (κ3) is 5.41. The molecule has 0 saturated carbocycles. The highest BCUT2D eigenvalue weighted by Crippen LogP contribution is 2.25. The largest absolute Gasteiger partial charge is 0.314 e. The highest BCUT2D eigenvalue weighted by molar-refractivity contribution is 7.99.